The standard InChI is InChI=1S/C18H19F2NO/c19-14-7-8-16(20)15(12-14)18(22)9-11-21-10-3-5-13-4-1-2-6-17(13)21/h1-2,4,6-8,12,18,22H,3,5,9-11H2. The molecule has 2 aromatic rings. The number of hydrogen-bond donors (Lipinski definition) is 1. The Kier molecular flexibility index (Phi) is 4.39. The van der Waals surface area contributed by atoms with Gasteiger partial charge in [0.15, 0.2) is 0 Å². The van der Waals surface area contributed by atoms with E-state index in [-0.39, 0.29) is 5.56 Å². The number of rotatable bonds is 4. The van der Waals surface area contributed by atoms with Gasteiger partial charge in [-0.1, -0.05) is 18.2 Å². The van der Waals surface area contributed by atoms with Gasteiger partial charge in [0.25, 0.3) is 0 Å². The van der Waals surface area contributed by atoms with Crippen LogP contribution >= 0.6 is 0 Å². The van der Waals surface area contributed by atoms with Gasteiger partial charge in [-0.25, -0.2) is 8.78 Å². The second-order valence-corrected chi connectivity index (χ2v) is 5.69. The zero-order valence-electron chi connectivity index (χ0n) is 12.3. The van der Waals surface area contributed by atoms with E-state index >= 15 is 0 Å². The summed E-state index contributed by atoms with van der Waals surface area (Å²) in [6.45, 7) is 1.55. The molecule has 22 heavy (non-hydrogen) atoms. The minimum Gasteiger partial charge on any atom is -0.388 e. The minimum atomic E-state index is -0.996. The third-order valence-electron chi connectivity index (χ3n) is 4.20. The van der Waals surface area contributed by atoms with Crippen molar-refractivity contribution in [1.29, 1.82) is 0 Å². The molecule has 1 heterocycles. The molecule has 0 aliphatic carbocycles. The number of halogens is 2. The summed E-state index contributed by atoms with van der Waals surface area (Å²) in [7, 11) is 0. The van der Waals surface area contributed by atoms with Gasteiger partial charge in [0.05, 0.1) is 6.10 Å². The molecule has 1 atom stereocenters. The summed E-state index contributed by atoms with van der Waals surface area (Å²) in [5.41, 5.74) is 2.52. The van der Waals surface area contributed by atoms with E-state index in [0.717, 1.165) is 37.6 Å². The maximum Gasteiger partial charge on any atom is 0.129 e. The molecule has 1 unspecified atom stereocenters. The van der Waals surface area contributed by atoms with Crippen LogP contribution in [0.15, 0.2) is 42.5 Å². The highest BCUT2D eigenvalue weighted by Gasteiger charge is 2.19. The predicted octanol–water partition coefficient (Wildman–Crippen LogP) is 3.84. The summed E-state index contributed by atoms with van der Waals surface area (Å²) in [6.07, 6.45) is 1.51. The quantitative estimate of drug-likeness (QED) is 0.927. The van der Waals surface area contributed by atoms with Crippen LogP contribution in [0.2, 0.25) is 0 Å². The largest absolute Gasteiger partial charge is 0.388 e. The molecule has 0 fully saturated rings. The second kappa shape index (κ2) is 6.44. The molecule has 4 heteroatoms. The van der Waals surface area contributed by atoms with E-state index in [1.54, 1.807) is 0 Å². The van der Waals surface area contributed by atoms with Crippen molar-refractivity contribution >= 4 is 5.69 Å². The van der Waals surface area contributed by atoms with Gasteiger partial charge < -0.3 is 10.0 Å². The van der Waals surface area contributed by atoms with E-state index < -0.39 is 17.7 Å². The lowest BCUT2D eigenvalue weighted by Crippen LogP contribution is -2.31. The van der Waals surface area contributed by atoms with Crippen molar-refractivity contribution in [3.63, 3.8) is 0 Å². The highest BCUT2D eigenvalue weighted by molar-refractivity contribution is 5.55. The minimum absolute atomic E-state index is 0.0327. The second-order valence-electron chi connectivity index (χ2n) is 5.69. The zero-order chi connectivity index (χ0) is 15.5. The first-order valence-electron chi connectivity index (χ1n) is 7.61. The summed E-state index contributed by atoms with van der Waals surface area (Å²) in [4.78, 5) is 2.21. The predicted molar refractivity (Wildman–Crippen MR) is 82.9 cm³/mol. The number of aliphatic hydroxyl groups is 1. The van der Waals surface area contributed by atoms with Crippen molar-refractivity contribution in [2.24, 2.45) is 0 Å². The molecule has 0 bridgehead atoms. The maximum absolute atomic E-state index is 13.7. The number of anilines is 1. The molecular formula is C18H19F2NO. The molecule has 0 aromatic heterocycles. The maximum atomic E-state index is 13.7. The van der Waals surface area contributed by atoms with E-state index in [4.69, 9.17) is 0 Å². The van der Waals surface area contributed by atoms with Gasteiger partial charge in [-0.3, -0.25) is 0 Å². The highest BCUT2D eigenvalue weighted by Crippen LogP contribution is 2.28. The van der Waals surface area contributed by atoms with Gasteiger partial charge in [-0.15, -0.1) is 0 Å². The zero-order valence-corrected chi connectivity index (χ0v) is 12.3. The summed E-state index contributed by atoms with van der Waals surface area (Å²) in [5.74, 6) is -1.09. The van der Waals surface area contributed by atoms with E-state index in [0.29, 0.717) is 13.0 Å². The van der Waals surface area contributed by atoms with E-state index in [1.807, 2.05) is 12.1 Å². The Morgan fingerprint density at radius 3 is 2.82 bits per heavy atom. The molecule has 1 N–H and O–H groups in total. The summed E-state index contributed by atoms with van der Waals surface area (Å²) in [6, 6.07) is 11.4. The lowest BCUT2D eigenvalue weighted by Gasteiger charge is -2.32. The highest BCUT2D eigenvalue weighted by atomic mass is 19.1. The number of benzene rings is 2. The van der Waals surface area contributed by atoms with Crippen molar-refractivity contribution in [3.8, 4) is 0 Å². The molecule has 3 rings (SSSR count). The van der Waals surface area contributed by atoms with Gasteiger partial charge >= 0.3 is 0 Å². The average molecular weight is 303 g/mol. The first-order chi connectivity index (χ1) is 10.6. The Balaban J connectivity index is 1.69. The smallest absolute Gasteiger partial charge is 0.129 e. The van der Waals surface area contributed by atoms with Gasteiger partial charge in [-0.2, -0.15) is 0 Å². The van der Waals surface area contributed by atoms with Crippen molar-refractivity contribution in [1.82, 2.24) is 0 Å². The van der Waals surface area contributed by atoms with Crippen LogP contribution in [0.1, 0.15) is 30.1 Å². The molecule has 2 nitrogen and oxygen atoms in total. The van der Waals surface area contributed by atoms with Gasteiger partial charge in [0.1, 0.15) is 11.6 Å². The number of aryl methyl sites for hydroxylation is 1. The first kappa shape index (κ1) is 15.0. The topological polar surface area (TPSA) is 23.5 Å². The normalized spacial score (nSPS) is 15.5. The third kappa shape index (κ3) is 3.12. The lowest BCUT2D eigenvalue weighted by atomic mass is 10.0. The summed E-state index contributed by atoms with van der Waals surface area (Å²) < 4.78 is 26.9. The van der Waals surface area contributed by atoms with Crippen molar-refractivity contribution < 1.29 is 13.9 Å². The fraction of sp³-hybridized carbons (Fsp3) is 0.333. The van der Waals surface area contributed by atoms with Crippen LogP contribution in [0.5, 0.6) is 0 Å². The van der Waals surface area contributed by atoms with Crippen LogP contribution in [0.25, 0.3) is 0 Å². The van der Waals surface area contributed by atoms with Gasteiger partial charge in [0, 0.05) is 24.3 Å². The SMILES string of the molecule is OC(CCN1CCCc2ccccc21)c1cc(F)ccc1F. The molecule has 1 aliphatic rings. The molecule has 0 saturated carbocycles. The Labute approximate surface area is 129 Å². The van der Waals surface area contributed by atoms with Crippen LogP contribution in [-0.4, -0.2) is 18.2 Å². The number of fused-ring (bicyclic) bond motifs is 1. The average Bonchev–Trinajstić information content (AvgIpc) is 2.54. The number of para-hydroxylation sites is 1. The van der Waals surface area contributed by atoms with E-state index in [2.05, 4.69) is 17.0 Å². The molecule has 116 valence electrons. The fourth-order valence-corrected chi connectivity index (χ4v) is 3.05. The van der Waals surface area contributed by atoms with Gasteiger partial charge in [0.2, 0.25) is 0 Å². The molecule has 2 aromatic carbocycles. The Bertz CT molecular complexity index is 659. The third-order valence-corrected chi connectivity index (χ3v) is 4.20. The molecule has 1 aliphatic heterocycles. The van der Waals surface area contributed by atoms with E-state index in [1.165, 1.54) is 11.3 Å². The fourth-order valence-electron chi connectivity index (χ4n) is 3.05. The van der Waals surface area contributed by atoms with Crippen LogP contribution < -0.4 is 4.90 Å². The molecule has 0 saturated heterocycles. The lowest BCUT2D eigenvalue weighted by molar-refractivity contribution is 0.164. The van der Waals surface area contributed by atoms with Crippen LogP contribution in [0.3, 0.4) is 0 Å². The van der Waals surface area contributed by atoms with Gasteiger partial charge in [-0.05, 0) is 49.1 Å². The molecule has 0 radical (unpaired) electrons. The Hall–Kier alpha value is -1.94. The van der Waals surface area contributed by atoms with Crippen LogP contribution in [0, 0.1) is 11.6 Å². The number of hydrogen-bond acceptors (Lipinski definition) is 2. The summed E-state index contributed by atoms with van der Waals surface area (Å²) in [5, 5.41) is 10.2. The first-order valence-corrected chi connectivity index (χ1v) is 7.61. The van der Waals surface area contributed by atoms with Crippen molar-refractivity contribution in [2.45, 2.75) is 25.4 Å². The molecular weight excluding hydrogens is 284 g/mol. The van der Waals surface area contributed by atoms with Crippen LogP contribution in [-0.2, 0) is 6.42 Å². The monoisotopic (exact) mass is 303 g/mol. The molecule has 0 amide bonds. The van der Waals surface area contributed by atoms with Crippen LogP contribution in [0.4, 0.5) is 14.5 Å². The van der Waals surface area contributed by atoms with Crippen molar-refractivity contribution in [3.05, 3.63) is 65.2 Å². The summed E-state index contributed by atoms with van der Waals surface area (Å²) >= 11 is 0. The van der Waals surface area contributed by atoms with Crippen molar-refractivity contribution in [2.75, 3.05) is 18.0 Å². The number of nitrogens with zero attached hydrogens (tertiary/aromatic N) is 1. The Morgan fingerprint density at radius 1 is 1.14 bits per heavy atom. The Morgan fingerprint density at radius 2 is 1.95 bits per heavy atom. The van der Waals surface area contributed by atoms with E-state index in [9.17, 15) is 13.9 Å². The number of aliphatic hydroxyl groups excluding tert-OH is 1. The molecule has 0 spiro atoms.